The molecule has 3 nitrogen and oxygen atoms in total. The summed E-state index contributed by atoms with van der Waals surface area (Å²) in [6.07, 6.45) is 4.30. The van der Waals surface area contributed by atoms with Crippen LogP contribution in [0.4, 0.5) is 0 Å². The van der Waals surface area contributed by atoms with Crippen LogP contribution < -0.4 is 5.32 Å². The molecule has 0 radical (unpaired) electrons. The number of hydrogen-bond donors (Lipinski definition) is 2. The lowest BCUT2D eigenvalue weighted by Crippen LogP contribution is -2.49. The average molecular weight is 274 g/mol. The van der Waals surface area contributed by atoms with Crippen molar-refractivity contribution in [1.82, 2.24) is 10.2 Å². The van der Waals surface area contributed by atoms with Gasteiger partial charge in [0.25, 0.3) is 0 Å². The first-order valence-corrected chi connectivity index (χ1v) is 7.88. The van der Waals surface area contributed by atoms with Gasteiger partial charge in [-0.3, -0.25) is 4.90 Å². The van der Waals surface area contributed by atoms with Gasteiger partial charge in [0.2, 0.25) is 0 Å². The van der Waals surface area contributed by atoms with Crippen molar-refractivity contribution in [2.45, 2.75) is 56.8 Å². The van der Waals surface area contributed by atoms with Gasteiger partial charge < -0.3 is 10.4 Å². The SMILES string of the molecule is CC1CC(NCC2(O)CCC2)CN1Cc1ccccc1. The molecule has 3 heteroatoms. The molecule has 0 spiro atoms. The number of rotatable bonds is 5. The molecule has 2 atom stereocenters. The number of nitrogens with one attached hydrogen (secondary N) is 1. The second-order valence-corrected chi connectivity index (χ2v) is 6.66. The number of nitrogens with zero attached hydrogens (tertiary/aromatic N) is 1. The molecule has 1 saturated carbocycles. The first-order valence-electron chi connectivity index (χ1n) is 7.88. The lowest BCUT2D eigenvalue weighted by Gasteiger charge is -2.37. The number of benzene rings is 1. The van der Waals surface area contributed by atoms with Gasteiger partial charge in [-0.1, -0.05) is 30.3 Å². The zero-order chi connectivity index (χ0) is 14.0. The van der Waals surface area contributed by atoms with Gasteiger partial charge in [0.15, 0.2) is 0 Å². The summed E-state index contributed by atoms with van der Waals surface area (Å²) < 4.78 is 0. The standard InChI is InChI=1S/C17H26N2O/c1-14-10-16(18-13-17(20)8-5-9-17)12-19(14)11-15-6-3-2-4-7-15/h2-4,6-7,14,16,18,20H,5,8-13H2,1H3. The van der Waals surface area contributed by atoms with Crippen molar-refractivity contribution < 1.29 is 5.11 Å². The maximum absolute atomic E-state index is 10.2. The first kappa shape index (κ1) is 14.1. The first-order chi connectivity index (χ1) is 9.65. The second kappa shape index (κ2) is 5.84. The van der Waals surface area contributed by atoms with Crippen molar-refractivity contribution in [3.8, 4) is 0 Å². The summed E-state index contributed by atoms with van der Waals surface area (Å²) in [5, 5.41) is 13.7. The van der Waals surface area contributed by atoms with Crippen molar-refractivity contribution in [3.05, 3.63) is 35.9 Å². The van der Waals surface area contributed by atoms with E-state index in [-0.39, 0.29) is 0 Å². The maximum Gasteiger partial charge on any atom is 0.0771 e. The third-order valence-corrected chi connectivity index (χ3v) is 4.94. The second-order valence-electron chi connectivity index (χ2n) is 6.66. The molecule has 3 rings (SSSR count). The third kappa shape index (κ3) is 3.22. The summed E-state index contributed by atoms with van der Waals surface area (Å²) in [7, 11) is 0. The Morgan fingerprint density at radius 2 is 2.05 bits per heavy atom. The Balaban J connectivity index is 1.49. The fourth-order valence-electron chi connectivity index (χ4n) is 3.38. The van der Waals surface area contributed by atoms with Gasteiger partial charge in [-0.05, 0) is 38.2 Å². The molecule has 2 fully saturated rings. The van der Waals surface area contributed by atoms with E-state index < -0.39 is 5.60 Å². The van der Waals surface area contributed by atoms with Crippen molar-refractivity contribution in [2.75, 3.05) is 13.1 Å². The molecule has 0 bridgehead atoms. The Hall–Kier alpha value is -0.900. The van der Waals surface area contributed by atoms with E-state index in [0.29, 0.717) is 12.1 Å². The van der Waals surface area contributed by atoms with Crippen LogP contribution in [0.5, 0.6) is 0 Å². The van der Waals surface area contributed by atoms with Crippen LogP contribution >= 0.6 is 0 Å². The van der Waals surface area contributed by atoms with E-state index in [1.807, 2.05) is 0 Å². The molecule has 1 aromatic rings. The molecule has 1 aliphatic heterocycles. The molecule has 0 amide bonds. The summed E-state index contributed by atoms with van der Waals surface area (Å²) in [5.74, 6) is 0. The van der Waals surface area contributed by atoms with Gasteiger partial charge in [0.05, 0.1) is 5.60 Å². The van der Waals surface area contributed by atoms with E-state index in [1.165, 1.54) is 18.4 Å². The van der Waals surface area contributed by atoms with Crippen LogP contribution in [0.1, 0.15) is 38.2 Å². The van der Waals surface area contributed by atoms with E-state index in [9.17, 15) is 5.11 Å². The van der Waals surface area contributed by atoms with Crippen LogP contribution in [0.25, 0.3) is 0 Å². The van der Waals surface area contributed by atoms with E-state index in [4.69, 9.17) is 0 Å². The summed E-state index contributed by atoms with van der Waals surface area (Å²) >= 11 is 0. The molecule has 1 saturated heterocycles. The molecule has 1 aromatic carbocycles. The topological polar surface area (TPSA) is 35.5 Å². The van der Waals surface area contributed by atoms with Gasteiger partial charge in [0.1, 0.15) is 0 Å². The number of aliphatic hydroxyl groups is 1. The molecule has 2 unspecified atom stereocenters. The monoisotopic (exact) mass is 274 g/mol. The molecule has 0 aromatic heterocycles. The molecule has 110 valence electrons. The summed E-state index contributed by atoms with van der Waals surface area (Å²) in [6, 6.07) is 11.8. The Morgan fingerprint density at radius 3 is 2.70 bits per heavy atom. The highest BCUT2D eigenvalue weighted by atomic mass is 16.3. The molecular formula is C17H26N2O. The van der Waals surface area contributed by atoms with Gasteiger partial charge in [-0.2, -0.15) is 0 Å². The summed E-state index contributed by atoms with van der Waals surface area (Å²) in [6.45, 7) is 5.20. The Morgan fingerprint density at radius 1 is 1.30 bits per heavy atom. The van der Waals surface area contributed by atoms with Crippen LogP contribution in [-0.4, -0.2) is 40.8 Å². The average Bonchev–Trinajstić information content (AvgIpc) is 2.76. The molecule has 2 N–H and O–H groups in total. The van der Waals surface area contributed by atoms with Gasteiger partial charge >= 0.3 is 0 Å². The lowest BCUT2D eigenvalue weighted by atomic mass is 9.80. The molecular weight excluding hydrogens is 248 g/mol. The minimum atomic E-state index is -0.407. The molecule has 20 heavy (non-hydrogen) atoms. The minimum absolute atomic E-state index is 0.407. The predicted molar refractivity (Wildman–Crippen MR) is 81.5 cm³/mol. The molecule has 2 aliphatic rings. The highest BCUT2D eigenvalue weighted by Crippen LogP contribution is 2.31. The minimum Gasteiger partial charge on any atom is -0.389 e. The fraction of sp³-hybridized carbons (Fsp3) is 0.647. The van der Waals surface area contributed by atoms with Gasteiger partial charge in [0, 0.05) is 31.7 Å². The Bertz CT molecular complexity index is 430. The smallest absolute Gasteiger partial charge is 0.0771 e. The van der Waals surface area contributed by atoms with Crippen LogP contribution in [0, 0.1) is 0 Å². The van der Waals surface area contributed by atoms with Crippen LogP contribution in [0.2, 0.25) is 0 Å². The quantitative estimate of drug-likeness (QED) is 0.863. The van der Waals surface area contributed by atoms with Crippen LogP contribution in [0.15, 0.2) is 30.3 Å². The van der Waals surface area contributed by atoms with Crippen LogP contribution in [0.3, 0.4) is 0 Å². The number of hydrogen-bond acceptors (Lipinski definition) is 3. The summed E-state index contributed by atoms with van der Waals surface area (Å²) in [5.41, 5.74) is 0.980. The van der Waals surface area contributed by atoms with Crippen molar-refractivity contribution >= 4 is 0 Å². The van der Waals surface area contributed by atoms with Crippen molar-refractivity contribution in [2.24, 2.45) is 0 Å². The largest absolute Gasteiger partial charge is 0.389 e. The Kier molecular flexibility index (Phi) is 4.11. The molecule has 1 heterocycles. The lowest BCUT2D eigenvalue weighted by molar-refractivity contribution is -0.0330. The highest BCUT2D eigenvalue weighted by molar-refractivity contribution is 5.15. The zero-order valence-electron chi connectivity index (χ0n) is 12.4. The van der Waals surface area contributed by atoms with Gasteiger partial charge in [-0.15, -0.1) is 0 Å². The fourth-order valence-corrected chi connectivity index (χ4v) is 3.38. The highest BCUT2D eigenvalue weighted by Gasteiger charge is 2.36. The van der Waals surface area contributed by atoms with E-state index in [1.54, 1.807) is 0 Å². The number of likely N-dealkylation sites (tertiary alicyclic amines) is 1. The van der Waals surface area contributed by atoms with E-state index in [0.717, 1.165) is 32.5 Å². The normalized spacial score (nSPS) is 29.3. The van der Waals surface area contributed by atoms with Gasteiger partial charge in [-0.25, -0.2) is 0 Å². The Labute approximate surface area is 122 Å². The molecule has 1 aliphatic carbocycles. The van der Waals surface area contributed by atoms with Crippen LogP contribution in [-0.2, 0) is 6.54 Å². The van der Waals surface area contributed by atoms with E-state index in [2.05, 4.69) is 47.5 Å². The van der Waals surface area contributed by atoms with Crippen molar-refractivity contribution in [3.63, 3.8) is 0 Å². The van der Waals surface area contributed by atoms with Crippen molar-refractivity contribution in [1.29, 1.82) is 0 Å². The summed E-state index contributed by atoms with van der Waals surface area (Å²) in [4.78, 5) is 2.54. The van der Waals surface area contributed by atoms with E-state index >= 15 is 0 Å². The zero-order valence-corrected chi connectivity index (χ0v) is 12.4. The predicted octanol–water partition coefficient (Wildman–Crippen LogP) is 2.15. The maximum atomic E-state index is 10.2. The third-order valence-electron chi connectivity index (χ3n) is 4.94.